The maximum absolute atomic E-state index is 11.2. The van der Waals surface area contributed by atoms with Gasteiger partial charge in [-0.05, 0) is 25.7 Å². The normalized spacial score (nSPS) is 21.2. The number of Topliss-reactive ketones (excluding diaryl/α,β-unsaturated/α-hetero) is 1. The molecule has 0 amide bonds. The van der Waals surface area contributed by atoms with Gasteiger partial charge in [0.25, 0.3) is 0 Å². The first-order valence-electron chi connectivity index (χ1n) is 5.24. The summed E-state index contributed by atoms with van der Waals surface area (Å²) < 4.78 is 0. The number of ketones is 1. The van der Waals surface area contributed by atoms with Crippen LogP contribution in [0.3, 0.4) is 0 Å². The van der Waals surface area contributed by atoms with Gasteiger partial charge in [-0.3, -0.25) is 4.79 Å². The fourth-order valence-corrected chi connectivity index (χ4v) is 2.27. The molecular weight excluding hydrogens is 148 g/mol. The molecule has 0 saturated heterocycles. The van der Waals surface area contributed by atoms with E-state index in [2.05, 4.69) is 6.92 Å². The molecule has 0 aromatic carbocycles. The van der Waals surface area contributed by atoms with E-state index in [0.717, 1.165) is 18.8 Å². The van der Waals surface area contributed by atoms with Gasteiger partial charge in [0, 0.05) is 5.92 Å². The molecule has 1 aliphatic rings. The minimum Gasteiger partial charge on any atom is -0.300 e. The molecule has 1 heteroatoms. The standard InChI is InChI=1S/C11H20O/c1-3-11(9(2)12)8-10-6-4-5-7-10/h10-11H,3-8H2,1-2H3. The van der Waals surface area contributed by atoms with Gasteiger partial charge in [-0.25, -0.2) is 0 Å². The van der Waals surface area contributed by atoms with E-state index in [4.69, 9.17) is 0 Å². The van der Waals surface area contributed by atoms with Crippen molar-refractivity contribution in [3.8, 4) is 0 Å². The first-order chi connectivity index (χ1) is 5.74. The molecule has 1 unspecified atom stereocenters. The first-order valence-corrected chi connectivity index (χ1v) is 5.24. The molecule has 1 rings (SSSR count). The molecule has 1 fully saturated rings. The molecule has 70 valence electrons. The number of hydrogen-bond donors (Lipinski definition) is 0. The van der Waals surface area contributed by atoms with Gasteiger partial charge in [-0.1, -0.05) is 32.6 Å². The monoisotopic (exact) mass is 168 g/mol. The van der Waals surface area contributed by atoms with Crippen LogP contribution in [-0.4, -0.2) is 5.78 Å². The van der Waals surface area contributed by atoms with Crippen molar-refractivity contribution >= 4 is 5.78 Å². The lowest BCUT2D eigenvalue weighted by molar-refractivity contribution is -0.121. The molecule has 12 heavy (non-hydrogen) atoms. The maximum Gasteiger partial charge on any atom is 0.132 e. The van der Waals surface area contributed by atoms with E-state index in [0.29, 0.717) is 11.7 Å². The van der Waals surface area contributed by atoms with Gasteiger partial charge < -0.3 is 0 Å². The fraction of sp³-hybridized carbons (Fsp3) is 0.909. The van der Waals surface area contributed by atoms with Crippen LogP contribution in [0.4, 0.5) is 0 Å². The molecule has 1 saturated carbocycles. The lowest BCUT2D eigenvalue weighted by Gasteiger charge is -2.15. The van der Waals surface area contributed by atoms with Crippen molar-refractivity contribution in [3.05, 3.63) is 0 Å². The Morgan fingerprint density at radius 1 is 1.42 bits per heavy atom. The predicted octanol–water partition coefficient (Wildman–Crippen LogP) is 3.18. The molecule has 0 aromatic heterocycles. The Labute approximate surface area is 75.5 Å². The van der Waals surface area contributed by atoms with Crippen LogP contribution in [0.2, 0.25) is 0 Å². The average Bonchev–Trinajstić information content (AvgIpc) is 2.51. The predicted molar refractivity (Wildman–Crippen MR) is 51.0 cm³/mol. The van der Waals surface area contributed by atoms with Crippen LogP contribution in [0, 0.1) is 11.8 Å². The van der Waals surface area contributed by atoms with Gasteiger partial charge in [0.2, 0.25) is 0 Å². The molecule has 1 aliphatic carbocycles. The topological polar surface area (TPSA) is 17.1 Å². The summed E-state index contributed by atoms with van der Waals surface area (Å²) in [5, 5.41) is 0. The summed E-state index contributed by atoms with van der Waals surface area (Å²) >= 11 is 0. The summed E-state index contributed by atoms with van der Waals surface area (Å²) in [6.45, 7) is 3.87. The van der Waals surface area contributed by atoms with Gasteiger partial charge in [-0.15, -0.1) is 0 Å². The third-order valence-corrected chi connectivity index (χ3v) is 3.16. The SMILES string of the molecule is CCC(CC1CCCC1)C(C)=O. The second kappa shape index (κ2) is 4.64. The molecule has 0 aliphatic heterocycles. The van der Waals surface area contributed by atoms with Crippen LogP contribution in [0.1, 0.15) is 52.4 Å². The molecule has 0 spiro atoms. The van der Waals surface area contributed by atoms with Crippen molar-refractivity contribution in [2.45, 2.75) is 52.4 Å². The zero-order valence-electron chi connectivity index (χ0n) is 8.31. The van der Waals surface area contributed by atoms with Crippen LogP contribution >= 0.6 is 0 Å². The third-order valence-electron chi connectivity index (χ3n) is 3.16. The van der Waals surface area contributed by atoms with Gasteiger partial charge in [0.05, 0.1) is 0 Å². The van der Waals surface area contributed by atoms with E-state index in [1.807, 2.05) is 0 Å². The highest BCUT2D eigenvalue weighted by Crippen LogP contribution is 2.31. The minimum atomic E-state index is 0.355. The second-order valence-corrected chi connectivity index (χ2v) is 4.10. The molecule has 0 aromatic rings. The molecule has 0 N–H and O–H groups in total. The summed E-state index contributed by atoms with van der Waals surface area (Å²) in [7, 11) is 0. The molecule has 0 bridgehead atoms. The molecular formula is C11H20O. The van der Waals surface area contributed by atoms with Crippen molar-refractivity contribution in [3.63, 3.8) is 0 Å². The first kappa shape index (κ1) is 9.76. The van der Waals surface area contributed by atoms with E-state index < -0.39 is 0 Å². The summed E-state index contributed by atoms with van der Waals surface area (Å²) in [5.74, 6) is 1.61. The summed E-state index contributed by atoms with van der Waals surface area (Å²) in [6, 6.07) is 0. The largest absolute Gasteiger partial charge is 0.300 e. The van der Waals surface area contributed by atoms with E-state index in [-0.39, 0.29) is 0 Å². The van der Waals surface area contributed by atoms with E-state index >= 15 is 0 Å². The molecule has 0 heterocycles. The van der Waals surface area contributed by atoms with Crippen molar-refractivity contribution in [2.24, 2.45) is 11.8 Å². The Morgan fingerprint density at radius 2 is 2.00 bits per heavy atom. The lowest BCUT2D eigenvalue weighted by atomic mass is 9.89. The molecule has 1 nitrogen and oxygen atoms in total. The molecule has 0 radical (unpaired) electrons. The van der Waals surface area contributed by atoms with E-state index in [1.54, 1.807) is 6.92 Å². The van der Waals surface area contributed by atoms with Crippen LogP contribution in [0.5, 0.6) is 0 Å². The van der Waals surface area contributed by atoms with Crippen LogP contribution in [0.15, 0.2) is 0 Å². The smallest absolute Gasteiger partial charge is 0.132 e. The Kier molecular flexibility index (Phi) is 3.77. The van der Waals surface area contributed by atoms with Gasteiger partial charge in [0.1, 0.15) is 5.78 Å². The van der Waals surface area contributed by atoms with Crippen LogP contribution < -0.4 is 0 Å². The third kappa shape index (κ3) is 2.62. The fourth-order valence-electron chi connectivity index (χ4n) is 2.27. The van der Waals surface area contributed by atoms with E-state index in [9.17, 15) is 4.79 Å². The molecule has 1 atom stereocenters. The number of carbonyl (C=O) groups is 1. The highest BCUT2D eigenvalue weighted by atomic mass is 16.1. The van der Waals surface area contributed by atoms with Gasteiger partial charge in [0.15, 0.2) is 0 Å². The van der Waals surface area contributed by atoms with Crippen molar-refractivity contribution in [2.75, 3.05) is 0 Å². The number of carbonyl (C=O) groups excluding carboxylic acids is 1. The Morgan fingerprint density at radius 3 is 2.42 bits per heavy atom. The highest BCUT2D eigenvalue weighted by molar-refractivity contribution is 5.78. The van der Waals surface area contributed by atoms with Crippen molar-refractivity contribution in [1.82, 2.24) is 0 Å². The Hall–Kier alpha value is -0.330. The highest BCUT2D eigenvalue weighted by Gasteiger charge is 2.21. The number of rotatable bonds is 4. The van der Waals surface area contributed by atoms with Gasteiger partial charge >= 0.3 is 0 Å². The van der Waals surface area contributed by atoms with Gasteiger partial charge in [-0.2, -0.15) is 0 Å². The van der Waals surface area contributed by atoms with Crippen molar-refractivity contribution < 1.29 is 4.79 Å². The summed E-state index contributed by atoms with van der Waals surface area (Å²) in [4.78, 5) is 11.2. The zero-order chi connectivity index (χ0) is 8.97. The quantitative estimate of drug-likeness (QED) is 0.630. The Balaban J connectivity index is 2.30. The summed E-state index contributed by atoms with van der Waals surface area (Å²) in [6.07, 6.45) is 7.70. The van der Waals surface area contributed by atoms with E-state index in [1.165, 1.54) is 25.7 Å². The Bertz CT molecular complexity index is 145. The second-order valence-electron chi connectivity index (χ2n) is 4.10. The zero-order valence-corrected chi connectivity index (χ0v) is 8.31. The lowest BCUT2D eigenvalue weighted by Crippen LogP contribution is -2.13. The van der Waals surface area contributed by atoms with Crippen LogP contribution in [0.25, 0.3) is 0 Å². The van der Waals surface area contributed by atoms with Crippen LogP contribution in [-0.2, 0) is 4.79 Å². The minimum absolute atomic E-state index is 0.355. The average molecular weight is 168 g/mol. The number of hydrogen-bond acceptors (Lipinski definition) is 1. The van der Waals surface area contributed by atoms with Crippen molar-refractivity contribution in [1.29, 1.82) is 0 Å². The maximum atomic E-state index is 11.2. The summed E-state index contributed by atoms with van der Waals surface area (Å²) in [5.41, 5.74) is 0.